The number of benzene rings is 1. The summed E-state index contributed by atoms with van der Waals surface area (Å²) in [5, 5.41) is 3.94. The van der Waals surface area contributed by atoms with Crippen LogP contribution in [0.3, 0.4) is 0 Å². The molecule has 4 heteroatoms. The number of pyridine rings is 1. The molecule has 1 aromatic heterocycles. The monoisotopic (exact) mass is 247 g/mol. The fraction of sp³-hybridized carbons (Fsp3) is 0.154. The molecule has 2 rings (SSSR count). The van der Waals surface area contributed by atoms with Gasteiger partial charge in [-0.3, -0.25) is 4.98 Å². The maximum absolute atomic E-state index is 6.11. The van der Waals surface area contributed by atoms with Crippen LogP contribution < -0.4 is 11.1 Å². The number of nitrogens with one attached hydrogen (secondary N) is 1. The molecule has 0 radical (unpaired) electrons. The summed E-state index contributed by atoms with van der Waals surface area (Å²) in [4.78, 5) is 3.99. The summed E-state index contributed by atoms with van der Waals surface area (Å²) in [6.45, 7) is 2.05. The van der Waals surface area contributed by atoms with Crippen LogP contribution in [0, 0.1) is 0 Å². The van der Waals surface area contributed by atoms with Gasteiger partial charge >= 0.3 is 0 Å². The van der Waals surface area contributed by atoms with Crippen LogP contribution in [0.25, 0.3) is 0 Å². The van der Waals surface area contributed by atoms with E-state index in [1.807, 2.05) is 30.3 Å². The van der Waals surface area contributed by atoms with Gasteiger partial charge in [0.05, 0.1) is 16.4 Å². The first kappa shape index (κ1) is 11.7. The Morgan fingerprint density at radius 3 is 2.59 bits per heavy atom. The average molecular weight is 248 g/mol. The molecule has 3 nitrogen and oxygen atoms in total. The Hall–Kier alpha value is -1.74. The average Bonchev–Trinajstić information content (AvgIpc) is 2.35. The number of hydrogen-bond donors (Lipinski definition) is 2. The van der Waals surface area contributed by atoms with Crippen molar-refractivity contribution in [2.75, 3.05) is 11.1 Å². The van der Waals surface area contributed by atoms with Gasteiger partial charge < -0.3 is 11.1 Å². The predicted molar refractivity (Wildman–Crippen MR) is 72.1 cm³/mol. The van der Waals surface area contributed by atoms with E-state index in [1.54, 1.807) is 12.4 Å². The number of para-hydroxylation sites is 1. The largest absolute Gasteiger partial charge is 0.397 e. The highest BCUT2D eigenvalue weighted by Crippen LogP contribution is 2.31. The fourth-order valence-electron chi connectivity index (χ4n) is 1.65. The minimum atomic E-state index is 0.125. The van der Waals surface area contributed by atoms with E-state index in [0.717, 1.165) is 11.3 Å². The first-order valence-electron chi connectivity index (χ1n) is 5.39. The maximum atomic E-state index is 6.11. The number of halogens is 1. The smallest absolute Gasteiger partial charge is 0.0767 e. The van der Waals surface area contributed by atoms with Gasteiger partial charge in [-0.1, -0.05) is 17.7 Å². The molecular weight excluding hydrogens is 234 g/mol. The first-order valence-corrected chi connectivity index (χ1v) is 5.76. The van der Waals surface area contributed by atoms with Gasteiger partial charge in [-0.25, -0.2) is 0 Å². The Balaban J connectivity index is 2.22. The number of aromatic nitrogens is 1. The lowest BCUT2D eigenvalue weighted by Crippen LogP contribution is -2.08. The molecule has 17 heavy (non-hydrogen) atoms. The molecule has 1 heterocycles. The SMILES string of the molecule is CC(Nc1c(N)cccc1Cl)c1ccncc1. The van der Waals surface area contributed by atoms with Gasteiger partial charge in [0.2, 0.25) is 0 Å². The van der Waals surface area contributed by atoms with Crippen molar-refractivity contribution in [2.24, 2.45) is 0 Å². The van der Waals surface area contributed by atoms with Crippen LogP contribution >= 0.6 is 11.6 Å². The van der Waals surface area contributed by atoms with Crippen LogP contribution in [0.5, 0.6) is 0 Å². The zero-order valence-corrected chi connectivity index (χ0v) is 10.3. The van der Waals surface area contributed by atoms with E-state index in [9.17, 15) is 0 Å². The van der Waals surface area contributed by atoms with E-state index in [0.29, 0.717) is 10.7 Å². The molecule has 0 aliphatic heterocycles. The van der Waals surface area contributed by atoms with E-state index in [4.69, 9.17) is 17.3 Å². The molecule has 3 N–H and O–H groups in total. The van der Waals surface area contributed by atoms with Crippen molar-refractivity contribution in [3.8, 4) is 0 Å². The molecule has 0 aliphatic rings. The number of anilines is 2. The van der Waals surface area contributed by atoms with Gasteiger partial charge in [0.25, 0.3) is 0 Å². The topological polar surface area (TPSA) is 50.9 Å². The molecule has 0 saturated heterocycles. The van der Waals surface area contributed by atoms with Crippen LogP contribution in [0.1, 0.15) is 18.5 Å². The first-order chi connectivity index (χ1) is 8.18. The van der Waals surface area contributed by atoms with E-state index in [2.05, 4.69) is 17.2 Å². The highest BCUT2D eigenvalue weighted by Gasteiger charge is 2.09. The van der Waals surface area contributed by atoms with Gasteiger partial charge in [-0.15, -0.1) is 0 Å². The number of rotatable bonds is 3. The summed E-state index contributed by atoms with van der Waals surface area (Å²) >= 11 is 6.11. The molecule has 88 valence electrons. The minimum Gasteiger partial charge on any atom is -0.397 e. The van der Waals surface area contributed by atoms with E-state index in [-0.39, 0.29) is 6.04 Å². The molecule has 1 atom stereocenters. The lowest BCUT2D eigenvalue weighted by Gasteiger charge is -2.18. The highest BCUT2D eigenvalue weighted by atomic mass is 35.5. The summed E-state index contributed by atoms with van der Waals surface area (Å²) < 4.78 is 0. The standard InChI is InChI=1S/C13H14ClN3/c1-9(10-5-7-16-8-6-10)17-13-11(14)3-2-4-12(13)15/h2-9,17H,15H2,1H3. The van der Waals surface area contributed by atoms with Crippen LogP contribution in [-0.4, -0.2) is 4.98 Å². The lowest BCUT2D eigenvalue weighted by atomic mass is 10.1. The van der Waals surface area contributed by atoms with Gasteiger partial charge in [0.15, 0.2) is 0 Å². The molecular formula is C13H14ClN3. The number of hydrogen-bond acceptors (Lipinski definition) is 3. The van der Waals surface area contributed by atoms with E-state index >= 15 is 0 Å². The Labute approximate surface area is 106 Å². The zero-order chi connectivity index (χ0) is 12.3. The second-order valence-corrected chi connectivity index (χ2v) is 4.26. The van der Waals surface area contributed by atoms with Crippen LogP contribution in [0.15, 0.2) is 42.7 Å². The molecule has 1 unspecified atom stereocenters. The third-order valence-corrected chi connectivity index (χ3v) is 2.93. The van der Waals surface area contributed by atoms with Gasteiger partial charge in [0.1, 0.15) is 0 Å². The second-order valence-electron chi connectivity index (χ2n) is 3.85. The third-order valence-electron chi connectivity index (χ3n) is 2.61. The quantitative estimate of drug-likeness (QED) is 0.817. The van der Waals surface area contributed by atoms with Crippen molar-refractivity contribution >= 4 is 23.0 Å². The van der Waals surface area contributed by atoms with Crippen LogP contribution in [0.2, 0.25) is 5.02 Å². The summed E-state index contributed by atoms with van der Waals surface area (Å²) in [7, 11) is 0. The summed E-state index contributed by atoms with van der Waals surface area (Å²) in [6, 6.07) is 9.53. The predicted octanol–water partition coefficient (Wildman–Crippen LogP) is 3.49. The van der Waals surface area contributed by atoms with Crippen molar-refractivity contribution in [1.82, 2.24) is 4.98 Å². The fourth-order valence-corrected chi connectivity index (χ4v) is 1.88. The van der Waals surface area contributed by atoms with Crippen molar-refractivity contribution in [3.63, 3.8) is 0 Å². The van der Waals surface area contributed by atoms with Gasteiger partial charge in [-0.05, 0) is 36.8 Å². The Morgan fingerprint density at radius 1 is 1.24 bits per heavy atom. The van der Waals surface area contributed by atoms with Crippen molar-refractivity contribution < 1.29 is 0 Å². The van der Waals surface area contributed by atoms with Crippen molar-refractivity contribution in [2.45, 2.75) is 13.0 Å². The minimum absolute atomic E-state index is 0.125. The lowest BCUT2D eigenvalue weighted by molar-refractivity contribution is 0.881. The Kier molecular flexibility index (Phi) is 3.49. The second kappa shape index (κ2) is 5.06. The normalized spacial score (nSPS) is 12.1. The molecule has 0 aliphatic carbocycles. The number of nitrogens with two attached hydrogens (primary N) is 1. The van der Waals surface area contributed by atoms with Crippen molar-refractivity contribution in [3.05, 3.63) is 53.3 Å². The molecule has 1 aromatic carbocycles. The molecule has 2 aromatic rings. The van der Waals surface area contributed by atoms with E-state index < -0.39 is 0 Å². The summed E-state index contributed by atoms with van der Waals surface area (Å²) in [6.07, 6.45) is 3.53. The van der Waals surface area contributed by atoms with Gasteiger partial charge in [0, 0.05) is 18.4 Å². The van der Waals surface area contributed by atoms with Gasteiger partial charge in [-0.2, -0.15) is 0 Å². The Morgan fingerprint density at radius 2 is 1.94 bits per heavy atom. The molecule has 0 saturated carbocycles. The highest BCUT2D eigenvalue weighted by molar-refractivity contribution is 6.33. The number of nitrogen functional groups attached to an aromatic ring is 1. The Bertz CT molecular complexity index is 479. The molecule has 0 bridgehead atoms. The molecule has 0 fully saturated rings. The zero-order valence-electron chi connectivity index (χ0n) is 9.52. The third kappa shape index (κ3) is 2.68. The van der Waals surface area contributed by atoms with E-state index in [1.165, 1.54) is 0 Å². The number of nitrogens with zero attached hydrogens (tertiary/aromatic N) is 1. The molecule has 0 spiro atoms. The maximum Gasteiger partial charge on any atom is 0.0767 e. The summed E-state index contributed by atoms with van der Waals surface area (Å²) in [5.41, 5.74) is 8.45. The molecule has 0 amide bonds. The van der Waals surface area contributed by atoms with Crippen molar-refractivity contribution in [1.29, 1.82) is 0 Å². The van der Waals surface area contributed by atoms with Crippen LogP contribution in [-0.2, 0) is 0 Å². The van der Waals surface area contributed by atoms with Crippen LogP contribution in [0.4, 0.5) is 11.4 Å². The summed E-state index contributed by atoms with van der Waals surface area (Å²) in [5.74, 6) is 0.